The lowest BCUT2D eigenvalue weighted by atomic mass is 9.82. The summed E-state index contributed by atoms with van der Waals surface area (Å²) in [4.78, 5) is 42.1. The molecule has 0 radical (unpaired) electrons. The lowest BCUT2D eigenvalue weighted by molar-refractivity contribution is -0.135. The Morgan fingerprint density at radius 1 is 1.00 bits per heavy atom. The molecule has 1 aliphatic carbocycles. The average molecular weight is 419 g/mol. The van der Waals surface area contributed by atoms with Crippen LogP contribution in [0.5, 0.6) is 5.75 Å². The summed E-state index contributed by atoms with van der Waals surface area (Å²) in [7, 11) is 0. The highest BCUT2D eigenvalue weighted by Crippen LogP contribution is 2.40. The molecule has 4 amide bonds. The van der Waals surface area contributed by atoms with Crippen LogP contribution in [0, 0.1) is 0 Å². The monoisotopic (exact) mass is 419 g/mol. The van der Waals surface area contributed by atoms with Crippen molar-refractivity contribution in [3.8, 4) is 5.75 Å². The fourth-order valence-electron chi connectivity index (χ4n) is 4.94. The first-order valence-electron chi connectivity index (χ1n) is 10.8. The number of urea groups is 1. The molecule has 1 atom stereocenters. The Morgan fingerprint density at radius 3 is 2.48 bits per heavy atom. The summed E-state index contributed by atoms with van der Waals surface area (Å²) in [6.07, 6.45) is 4.14. The maximum Gasteiger partial charge on any atom is 0.325 e. The van der Waals surface area contributed by atoms with E-state index >= 15 is 0 Å². The third kappa shape index (κ3) is 3.34. The van der Waals surface area contributed by atoms with E-state index in [-0.39, 0.29) is 24.4 Å². The number of rotatable bonds is 3. The Hall–Kier alpha value is -3.35. The van der Waals surface area contributed by atoms with Crippen LogP contribution in [-0.4, -0.2) is 41.4 Å². The van der Waals surface area contributed by atoms with Gasteiger partial charge in [-0.25, -0.2) is 4.79 Å². The molecule has 1 N–H and O–H groups in total. The van der Waals surface area contributed by atoms with Crippen LogP contribution in [0.3, 0.4) is 0 Å². The minimum atomic E-state index is -0.836. The van der Waals surface area contributed by atoms with Gasteiger partial charge in [-0.1, -0.05) is 61.7 Å². The van der Waals surface area contributed by atoms with Gasteiger partial charge in [-0.2, -0.15) is 0 Å². The minimum absolute atomic E-state index is 0.275. The smallest absolute Gasteiger partial charge is 0.325 e. The molecule has 7 heteroatoms. The lowest BCUT2D eigenvalue weighted by Crippen LogP contribution is -2.50. The van der Waals surface area contributed by atoms with Crippen LogP contribution < -0.4 is 15.0 Å². The van der Waals surface area contributed by atoms with Gasteiger partial charge in [-0.15, -0.1) is 0 Å². The Morgan fingerprint density at radius 2 is 1.71 bits per heavy atom. The second-order valence-electron chi connectivity index (χ2n) is 8.43. The number of anilines is 1. The summed E-state index contributed by atoms with van der Waals surface area (Å²) in [6.45, 7) is 0.0148. The number of carbonyl (C=O) groups is 3. The molecule has 1 saturated carbocycles. The number of para-hydroxylation sites is 2. The Bertz CT molecular complexity index is 1020. The number of fused-ring (bicyclic) bond motifs is 1. The maximum atomic E-state index is 13.6. The Balaban J connectivity index is 1.45. The van der Waals surface area contributed by atoms with Crippen LogP contribution in [0.1, 0.15) is 43.7 Å². The molecule has 1 spiro atoms. The van der Waals surface area contributed by atoms with E-state index in [2.05, 4.69) is 5.32 Å². The van der Waals surface area contributed by atoms with Crippen molar-refractivity contribution in [1.82, 2.24) is 10.2 Å². The van der Waals surface area contributed by atoms with E-state index in [1.165, 1.54) is 0 Å². The number of benzene rings is 2. The zero-order chi connectivity index (χ0) is 21.4. The van der Waals surface area contributed by atoms with Crippen LogP contribution in [-0.2, 0) is 9.59 Å². The summed E-state index contributed by atoms with van der Waals surface area (Å²) in [5.74, 6) is 0.0355. The Kier molecular flexibility index (Phi) is 4.88. The van der Waals surface area contributed by atoms with E-state index in [1.54, 1.807) is 4.90 Å². The molecule has 1 saturated heterocycles. The first-order chi connectivity index (χ1) is 15.1. The van der Waals surface area contributed by atoms with Gasteiger partial charge in [-0.3, -0.25) is 19.4 Å². The molecule has 2 aromatic rings. The van der Waals surface area contributed by atoms with Crippen molar-refractivity contribution >= 4 is 23.5 Å². The summed E-state index contributed by atoms with van der Waals surface area (Å²) < 4.78 is 5.92. The van der Waals surface area contributed by atoms with Gasteiger partial charge in [-0.05, 0) is 30.5 Å². The summed E-state index contributed by atoms with van der Waals surface area (Å²) >= 11 is 0. The second-order valence-corrected chi connectivity index (χ2v) is 8.43. The topological polar surface area (TPSA) is 79.0 Å². The summed E-state index contributed by atoms with van der Waals surface area (Å²) in [5.41, 5.74) is 0.746. The molecule has 2 heterocycles. The third-order valence-corrected chi connectivity index (χ3v) is 6.53. The van der Waals surface area contributed by atoms with Gasteiger partial charge in [0.05, 0.1) is 11.7 Å². The van der Waals surface area contributed by atoms with Gasteiger partial charge >= 0.3 is 6.03 Å². The lowest BCUT2D eigenvalue weighted by Gasteiger charge is -2.38. The van der Waals surface area contributed by atoms with Crippen molar-refractivity contribution in [2.24, 2.45) is 0 Å². The van der Waals surface area contributed by atoms with Crippen LogP contribution >= 0.6 is 0 Å². The highest BCUT2D eigenvalue weighted by atomic mass is 16.5. The number of ether oxygens (including phenoxy) is 1. The normalized spacial score (nSPS) is 22.1. The van der Waals surface area contributed by atoms with Gasteiger partial charge in [0.1, 0.15) is 24.4 Å². The number of nitrogens with zero attached hydrogens (tertiary/aromatic N) is 2. The van der Waals surface area contributed by atoms with Crippen LogP contribution in [0.4, 0.5) is 10.5 Å². The van der Waals surface area contributed by atoms with Crippen molar-refractivity contribution < 1.29 is 19.1 Å². The molecule has 0 unspecified atom stereocenters. The minimum Gasteiger partial charge on any atom is -0.489 e. The van der Waals surface area contributed by atoms with Gasteiger partial charge in [0.2, 0.25) is 5.91 Å². The van der Waals surface area contributed by atoms with E-state index in [9.17, 15) is 14.4 Å². The second kappa shape index (κ2) is 7.72. The molecule has 2 fully saturated rings. The SMILES string of the molecule is O=C1NC2(CCCCC2)C(=O)N1CC(=O)N1c2ccccc2OC[C@H]1c1ccccc1. The van der Waals surface area contributed by atoms with E-state index in [1.807, 2.05) is 54.6 Å². The quantitative estimate of drug-likeness (QED) is 0.774. The van der Waals surface area contributed by atoms with Crippen molar-refractivity contribution in [3.05, 3.63) is 60.2 Å². The van der Waals surface area contributed by atoms with Crippen LogP contribution in [0.2, 0.25) is 0 Å². The summed E-state index contributed by atoms with van der Waals surface area (Å²) in [5, 5.41) is 2.88. The number of hydrogen-bond acceptors (Lipinski definition) is 4. The number of hydrogen-bond donors (Lipinski definition) is 1. The maximum absolute atomic E-state index is 13.6. The molecule has 2 aromatic carbocycles. The first-order valence-corrected chi connectivity index (χ1v) is 10.8. The van der Waals surface area contributed by atoms with Crippen LogP contribution in [0.15, 0.2) is 54.6 Å². The molecule has 31 heavy (non-hydrogen) atoms. The molecule has 3 aliphatic rings. The zero-order valence-corrected chi connectivity index (χ0v) is 17.3. The Labute approximate surface area is 181 Å². The predicted octanol–water partition coefficient (Wildman–Crippen LogP) is 3.41. The first kappa shape index (κ1) is 19.6. The van der Waals surface area contributed by atoms with Gasteiger partial charge in [0, 0.05) is 0 Å². The number of nitrogens with one attached hydrogen (secondary N) is 1. The van der Waals surface area contributed by atoms with E-state index < -0.39 is 11.6 Å². The standard InChI is InChI=1S/C24H25N3O4/c28-21(15-26-22(29)24(25-23(26)30)13-7-2-8-14-24)27-18-11-5-6-12-20(18)31-16-19(27)17-9-3-1-4-10-17/h1,3-6,9-12,19H,2,7-8,13-16H2,(H,25,30)/t19-/m0/s1. The highest BCUT2D eigenvalue weighted by molar-refractivity contribution is 6.10. The van der Waals surface area contributed by atoms with Crippen LogP contribution in [0.25, 0.3) is 0 Å². The highest BCUT2D eigenvalue weighted by Gasteiger charge is 2.52. The van der Waals surface area contributed by atoms with Crippen molar-refractivity contribution in [2.45, 2.75) is 43.7 Å². The third-order valence-electron chi connectivity index (χ3n) is 6.53. The molecule has 7 nitrogen and oxygen atoms in total. The van der Waals surface area contributed by atoms with E-state index in [4.69, 9.17) is 4.74 Å². The summed E-state index contributed by atoms with van der Waals surface area (Å²) in [6, 6.07) is 16.2. The molecule has 2 aliphatic heterocycles. The molecule has 5 rings (SSSR count). The molecule has 0 aromatic heterocycles. The fraction of sp³-hybridized carbons (Fsp3) is 0.375. The van der Waals surface area contributed by atoms with Crippen molar-refractivity contribution in [3.63, 3.8) is 0 Å². The van der Waals surface area contributed by atoms with E-state index in [0.29, 0.717) is 30.9 Å². The molecule has 0 bridgehead atoms. The number of imide groups is 1. The number of amides is 4. The van der Waals surface area contributed by atoms with Gasteiger partial charge in [0.15, 0.2) is 0 Å². The fourth-order valence-corrected chi connectivity index (χ4v) is 4.94. The van der Waals surface area contributed by atoms with Gasteiger partial charge < -0.3 is 10.1 Å². The molecular weight excluding hydrogens is 394 g/mol. The van der Waals surface area contributed by atoms with Gasteiger partial charge in [0.25, 0.3) is 5.91 Å². The number of carbonyl (C=O) groups excluding carboxylic acids is 3. The average Bonchev–Trinajstić information content (AvgIpc) is 3.03. The van der Waals surface area contributed by atoms with Crippen molar-refractivity contribution in [1.29, 1.82) is 0 Å². The van der Waals surface area contributed by atoms with Crippen molar-refractivity contribution in [2.75, 3.05) is 18.1 Å². The zero-order valence-electron chi connectivity index (χ0n) is 17.3. The molecular formula is C24H25N3O4. The van der Waals surface area contributed by atoms with E-state index in [0.717, 1.165) is 29.7 Å². The molecule has 160 valence electrons. The predicted molar refractivity (Wildman–Crippen MR) is 115 cm³/mol. The largest absolute Gasteiger partial charge is 0.489 e.